The van der Waals surface area contributed by atoms with Crippen LogP contribution in [0, 0.1) is 6.92 Å². The van der Waals surface area contributed by atoms with Crippen LogP contribution in [0.25, 0.3) is 11.1 Å². The van der Waals surface area contributed by atoms with Crippen molar-refractivity contribution in [2.45, 2.75) is 26.4 Å². The third-order valence-electron chi connectivity index (χ3n) is 4.29. The lowest BCUT2D eigenvalue weighted by atomic mass is 10.2. The van der Waals surface area contributed by atoms with Crippen LogP contribution in [-0.2, 0) is 11.3 Å². The molecule has 3 aromatic rings. The van der Waals surface area contributed by atoms with Crippen molar-refractivity contribution >= 4 is 34.3 Å². The van der Waals surface area contributed by atoms with Gasteiger partial charge in [-0.15, -0.1) is 0 Å². The molecule has 1 amide bonds. The van der Waals surface area contributed by atoms with Crippen LogP contribution in [0.5, 0.6) is 0 Å². The number of rotatable bonds is 5. The minimum atomic E-state index is -0.353. The number of nitrogens with one attached hydrogen (secondary N) is 1. The maximum Gasteiger partial charge on any atom is 0.241 e. The van der Waals surface area contributed by atoms with Gasteiger partial charge in [-0.2, -0.15) is 0 Å². The molecule has 25 heavy (non-hydrogen) atoms. The maximum atomic E-state index is 12.5. The Kier molecular flexibility index (Phi) is 5.06. The van der Waals surface area contributed by atoms with Gasteiger partial charge < -0.3 is 9.73 Å². The molecule has 0 aliphatic carbocycles. The van der Waals surface area contributed by atoms with Crippen LogP contribution in [0.1, 0.15) is 18.4 Å². The van der Waals surface area contributed by atoms with Crippen LogP contribution < -0.4 is 5.32 Å². The number of carbonyl (C=O) groups is 1. The summed E-state index contributed by atoms with van der Waals surface area (Å²) in [7, 11) is 1.87. The molecule has 0 saturated carbocycles. The van der Waals surface area contributed by atoms with E-state index in [1.54, 1.807) is 6.07 Å². The van der Waals surface area contributed by atoms with Crippen molar-refractivity contribution in [3.05, 3.63) is 58.9 Å². The molecule has 1 heterocycles. The first-order chi connectivity index (χ1) is 12.0. The molecule has 2 aromatic carbocycles. The number of halogens is 1. The van der Waals surface area contributed by atoms with Crippen molar-refractivity contribution in [3.8, 4) is 0 Å². The number of amides is 1. The van der Waals surface area contributed by atoms with E-state index in [9.17, 15) is 4.79 Å². The van der Waals surface area contributed by atoms with Crippen molar-refractivity contribution in [1.29, 1.82) is 0 Å². The Labute approximate surface area is 151 Å². The second-order valence-corrected chi connectivity index (χ2v) is 6.48. The van der Waals surface area contributed by atoms with Crippen LogP contribution in [-0.4, -0.2) is 28.9 Å². The fourth-order valence-electron chi connectivity index (χ4n) is 2.52. The Balaban J connectivity index is 1.67. The van der Waals surface area contributed by atoms with E-state index < -0.39 is 0 Å². The molecule has 0 aliphatic heterocycles. The Bertz CT molecular complexity index is 874. The monoisotopic (exact) mass is 357 g/mol. The molecular formula is C19H20ClN3O2. The summed E-state index contributed by atoms with van der Waals surface area (Å²) in [4.78, 5) is 18.9. The number of carbonyl (C=O) groups excluding carboxylic acids is 1. The lowest BCUT2D eigenvalue weighted by Crippen LogP contribution is -2.39. The van der Waals surface area contributed by atoms with Crippen LogP contribution in [0.15, 0.2) is 46.9 Å². The summed E-state index contributed by atoms with van der Waals surface area (Å²) in [6.07, 6.45) is 0. The van der Waals surface area contributed by atoms with Gasteiger partial charge in [0.15, 0.2) is 5.58 Å². The molecule has 1 aromatic heterocycles. The average Bonchev–Trinajstić information content (AvgIpc) is 3.00. The molecule has 1 unspecified atom stereocenters. The molecule has 6 heteroatoms. The van der Waals surface area contributed by atoms with Crippen LogP contribution in [0.2, 0.25) is 5.02 Å². The predicted octanol–water partition coefficient (Wildman–Crippen LogP) is 4.25. The summed E-state index contributed by atoms with van der Waals surface area (Å²) >= 11 is 6.10. The number of fused-ring (bicyclic) bond motifs is 1. The summed E-state index contributed by atoms with van der Waals surface area (Å²) in [5.74, 6) is 0.478. The van der Waals surface area contributed by atoms with E-state index in [-0.39, 0.29) is 11.9 Å². The van der Waals surface area contributed by atoms with E-state index in [0.717, 1.165) is 22.4 Å². The van der Waals surface area contributed by atoms with E-state index in [2.05, 4.69) is 10.3 Å². The summed E-state index contributed by atoms with van der Waals surface area (Å²) in [6.45, 7) is 4.17. The summed E-state index contributed by atoms with van der Waals surface area (Å²) in [6, 6.07) is 12.7. The quantitative estimate of drug-likeness (QED) is 0.741. The Hall–Kier alpha value is -2.37. The van der Waals surface area contributed by atoms with E-state index in [1.165, 1.54) is 0 Å². The molecule has 0 spiro atoms. The van der Waals surface area contributed by atoms with Gasteiger partial charge in [-0.1, -0.05) is 29.8 Å². The maximum absolute atomic E-state index is 12.5. The Morgan fingerprint density at radius 2 is 2.04 bits per heavy atom. The topological polar surface area (TPSA) is 58.4 Å². The van der Waals surface area contributed by atoms with E-state index in [1.807, 2.05) is 62.2 Å². The molecule has 0 fully saturated rings. The minimum Gasteiger partial charge on any atom is -0.439 e. The average molecular weight is 358 g/mol. The van der Waals surface area contributed by atoms with Gasteiger partial charge in [0.1, 0.15) is 5.52 Å². The number of anilines is 1. The van der Waals surface area contributed by atoms with Gasteiger partial charge in [-0.05, 0) is 50.7 Å². The zero-order valence-electron chi connectivity index (χ0n) is 14.4. The number of nitrogens with zero attached hydrogens (tertiary/aromatic N) is 2. The predicted molar refractivity (Wildman–Crippen MR) is 99.8 cm³/mol. The highest BCUT2D eigenvalue weighted by Crippen LogP contribution is 2.23. The van der Waals surface area contributed by atoms with E-state index >= 15 is 0 Å². The number of para-hydroxylation sites is 2. The fourth-order valence-corrected chi connectivity index (χ4v) is 2.69. The van der Waals surface area contributed by atoms with Gasteiger partial charge in [0.2, 0.25) is 11.8 Å². The van der Waals surface area contributed by atoms with Crippen molar-refractivity contribution in [2.75, 3.05) is 12.4 Å². The fraction of sp³-hybridized carbons (Fsp3) is 0.263. The van der Waals surface area contributed by atoms with Gasteiger partial charge in [0.05, 0.1) is 12.6 Å². The zero-order chi connectivity index (χ0) is 18.0. The smallest absolute Gasteiger partial charge is 0.241 e. The number of hydrogen-bond donors (Lipinski definition) is 1. The van der Waals surface area contributed by atoms with E-state index in [4.69, 9.17) is 16.0 Å². The Morgan fingerprint density at radius 3 is 2.80 bits per heavy atom. The standard InChI is InChI=1S/C19H20ClN3O2/c1-12-14(20)7-6-9-15(12)22-19(24)13(2)23(3)11-18-21-16-8-4-5-10-17(16)25-18/h4-10,13H,11H2,1-3H3,(H,22,24). The van der Waals surface area contributed by atoms with Gasteiger partial charge in [0, 0.05) is 10.7 Å². The first-order valence-corrected chi connectivity index (χ1v) is 8.44. The van der Waals surface area contributed by atoms with Gasteiger partial charge in [0.25, 0.3) is 0 Å². The van der Waals surface area contributed by atoms with Crippen LogP contribution in [0.3, 0.4) is 0 Å². The molecule has 1 atom stereocenters. The number of oxazole rings is 1. The highest BCUT2D eigenvalue weighted by Gasteiger charge is 2.21. The largest absolute Gasteiger partial charge is 0.439 e. The molecule has 0 aliphatic rings. The molecule has 1 N–H and O–H groups in total. The highest BCUT2D eigenvalue weighted by atomic mass is 35.5. The SMILES string of the molecule is Cc1c(Cl)cccc1NC(=O)C(C)N(C)Cc1nc2ccccc2o1. The number of hydrogen-bond acceptors (Lipinski definition) is 4. The highest BCUT2D eigenvalue weighted by molar-refractivity contribution is 6.31. The second kappa shape index (κ2) is 7.25. The number of aromatic nitrogens is 1. The normalized spacial score (nSPS) is 12.5. The second-order valence-electron chi connectivity index (χ2n) is 6.07. The van der Waals surface area contributed by atoms with Crippen molar-refractivity contribution in [1.82, 2.24) is 9.88 Å². The number of likely N-dealkylation sites (N-methyl/N-ethyl adjacent to an activating group) is 1. The molecule has 0 saturated heterocycles. The van der Waals surface area contributed by atoms with Crippen molar-refractivity contribution in [2.24, 2.45) is 0 Å². The van der Waals surface area contributed by atoms with Gasteiger partial charge >= 0.3 is 0 Å². The van der Waals surface area contributed by atoms with Crippen molar-refractivity contribution < 1.29 is 9.21 Å². The third-order valence-corrected chi connectivity index (χ3v) is 4.70. The minimum absolute atomic E-state index is 0.107. The Morgan fingerprint density at radius 1 is 1.28 bits per heavy atom. The van der Waals surface area contributed by atoms with Crippen LogP contribution in [0.4, 0.5) is 5.69 Å². The molecule has 0 radical (unpaired) electrons. The first kappa shape index (κ1) is 17.5. The molecule has 0 bridgehead atoms. The molecule has 5 nitrogen and oxygen atoms in total. The molecule has 130 valence electrons. The number of benzene rings is 2. The van der Waals surface area contributed by atoms with Crippen LogP contribution >= 0.6 is 11.6 Å². The molecular weight excluding hydrogens is 338 g/mol. The first-order valence-electron chi connectivity index (χ1n) is 8.06. The lowest BCUT2D eigenvalue weighted by molar-refractivity contribution is -0.120. The molecule has 3 rings (SSSR count). The lowest BCUT2D eigenvalue weighted by Gasteiger charge is -2.23. The summed E-state index contributed by atoms with van der Waals surface area (Å²) in [5.41, 5.74) is 3.14. The van der Waals surface area contributed by atoms with Crippen molar-refractivity contribution in [3.63, 3.8) is 0 Å². The van der Waals surface area contributed by atoms with E-state index in [0.29, 0.717) is 17.5 Å². The summed E-state index contributed by atoms with van der Waals surface area (Å²) in [5, 5.41) is 3.56. The van der Waals surface area contributed by atoms with Gasteiger partial charge in [-0.25, -0.2) is 4.98 Å². The van der Waals surface area contributed by atoms with Gasteiger partial charge in [-0.3, -0.25) is 9.69 Å². The zero-order valence-corrected chi connectivity index (χ0v) is 15.2. The summed E-state index contributed by atoms with van der Waals surface area (Å²) < 4.78 is 5.72. The third kappa shape index (κ3) is 3.83.